The average molecular weight is 332 g/mol. The Morgan fingerprint density at radius 2 is 1.82 bits per heavy atom. The van der Waals surface area contributed by atoms with Crippen LogP contribution in [0.15, 0.2) is 28.7 Å². The molecule has 0 unspecified atom stereocenters. The van der Waals surface area contributed by atoms with E-state index < -0.39 is 0 Å². The van der Waals surface area contributed by atoms with Crippen molar-refractivity contribution in [1.29, 1.82) is 0 Å². The molecule has 17 heavy (non-hydrogen) atoms. The van der Waals surface area contributed by atoms with Crippen molar-refractivity contribution in [3.05, 3.63) is 44.6 Å². The maximum absolute atomic E-state index is 6.08. The summed E-state index contributed by atoms with van der Waals surface area (Å²) in [6.45, 7) is 1.97. The first-order chi connectivity index (χ1) is 8.11. The summed E-state index contributed by atoms with van der Waals surface area (Å²) in [5, 5.41) is 0.838. The molecule has 88 valence electrons. The minimum atomic E-state index is 0.419. The van der Waals surface area contributed by atoms with Gasteiger partial charge in [-0.3, -0.25) is 0 Å². The van der Waals surface area contributed by atoms with E-state index in [1.54, 1.807) is 0 Å². The highest BCUT2D eigenvalue weighted by Crippen LogP contribution is 2.27. The number of halogens is 3. The van der Waals surface area contributed by atoms with E-state index in [1.807, 2.05) is 31.2 Å². The van der Waals surface area contributed by atoms with Gasteiger partial charge in [-0.1, -0.05) is 58.2 Å². The molecule has 0 amide bonds. The largest absolute Gasteiger partial charge is 0.216 e. The van der Waals surface area contributed by atoms with Gasteiger partial charge in [0.1, 0.15) is 10.3 Å². The molecule has 0 spiro atoms. The van der Waals surface area contributed by atoms with E-state index in [-0.39, 0.29) is 0 Å². The minimum absolute atomic E-state index is 0.419. The van der Waals surface area contributed by atoms with E-state index in [0.29, 0.717) is 16.1 Å². The van der Waals surface area contributed by atoms with Gasteiger partial charge in [-0.05, 0) is 18.6 Å². The number of aromatic nitrogens is 2. The quantitative estimate of drug-likeness (QED) is 0.740. The number of benzene rings is 1. The van der Waals surface area contributed by atoms with Gasteiger partial charge in [0.2, 0.25) is 0 Å². The van der Waals surface area contributed by atoms with Gasteiger partial charge in [0.15, 0.2) is 5.82 Å². The van der Waals surface area contributed by atoms with Crippen LogP contribution < -0.4 is 0 Å². The molecule has 0 atom stereocenters. The molecule has 0 saturated heterocycles. The molecule has 2 nitrogen and oxygen atoms in total. The van der Waals surface area contributed by atoms with E-state index >= 15 is 0 Å². The average Bonchev–Trinajstić information content (AvgIpc) is 2.28. The zero-order valence-electron chi connectivity index (χ0n) is 9.04. The van der Waals surface area contributed by atoms with Gasteiger partial charge >= 0.3 is 0 Å². The van der Waals surface area contributed by atoms with Gasteiger partial charge < -0.3 is 0 Å². The van der Waals surface area contributed by atoms with Crippen LogP contribution in [0.5, 0.6) is 0 Å². The number of hydrogen-bond donors (Lipinski definition) is 0. The summed E-state index contributed by atoms with van der Waals surface area (Å²) in [5.74, 6) is 0.540. The third kappa shape index (κ3) is 2.79. The lowest BCUT2D eigenvalue weighted by Gasteiger charge is -2.06. The second-order valence-electron chi connectivity index (χ2n) is 3.47. The molecule has 1 heterocycles. The predicted molar refractivity (Wildman–Crippen MR) is 74.6 cm³/mol. The van der Waals surface area contributed by atoms with Crippen molar-refractivity contribution in [2.24, 2.45) is 0 Å². The van der Waals surface area contributed by atoms with Crippen LogP contribution in [0, 0.1) is 0 Å². The number of rotatable bonds is 2. The molecule has 0 aliphatic carbocycles. The van der Waals surface area contributed by atoms with E-state index in [2.05, 4.69) is 25.9 Å². The fourth-order valence-corrected chi connectivity index (χ4v) is 2.53. The first-order valence-corrected chi connectivity index (χ1v) is 6.64. The summed E-state index contributed by atoms with van der Waals surface area (Å²) in [6, 6.07) is 7.69. The maximum atomic E-state index is 6.08. The summed E-state index contributed by atoms with van der Waals surface area (Å²) in [6.07, 6.45) is 0.719. The van der Waals surface area contributed by atoms with Crippen LogP contribution in [0.4, 0.5) is 0 Å². The van der Waals surface area contributed by atoms with Crippen molar-refractivity contribution in [3.63, 3.8) is 0 Å². The van der Waals surface area contributed by atoms with Crippen LogP contribution in [0.25, 0.3) is 11.4 Å². The molecule has 0 N–H and O–H groups in total. The Hall–Kier alpha value is -0.640. The molecule has 5 heteroatoms. The highest BCUT2D eigenvalue weighted by atomic mass is 79.9. The molecule has 0 radical (unpaired) electrons. The van der Waals surface area contributed by atoms with Crippen LogP contribution in [-0.2, 0) is 6.42 Å². The van der Waals surface area contributed by atoms with Crippen LogP contribution in [0.1, 0.15) is 12.5 Å². The first kappa shape index (κ1) is 12.8. The zero-order valence-corrected chi connectivity index (χ0v) is 12.1. The second kappa shape index (κ2) is 5.34. The number of hydrogen-bond acceptors (Lipinski definition) is 2. The standard InChI is InChI=1S/C12H9BrCl2N2/c1-2-9-10(14)16-12(17-11(9)15)7-4-3-5-8(13)6-7/h3-6H,2H2,1H3. The normalized spacial score (nSPS) is 10.6. The first-order valence-electron chi connectivity index (χ1n) is 5.09. The van der Waals surface area contributed by atoms with Gasteiger partial charge in [0, 0.05) is 15.6 Å². The van der Waals surface area contributed by atoms with Crippen molar-refractivity contribution >= 4 is 39.1 Å². The van der Waals surface area contributed by atoms with Crippen molar-refractivity contribution in [3.8, 4) is 11.4 Å². The van der Waals surface area contributed by atoms with Gasteiger partial charge in [0.05, 0.1) is 0 Å². The topological polar surface area (TPSA) is 25.8 Å². The lowest BCUT2D eigenvalue weighted by Crippen LogP contribution is -1.96. The van der Waals surface area contributed by atoms with Crippen molar-refractivity contribution in [1.82, 2.24) is 9.97 Å². The lowest BCUT2D eigenvalue weighted by molar-refractivity contribution is 1.05. The van der Waals surface area contributed by atoms with Crippen molar-refractivity contribution in [2.45, 2.75) is 13.3 Å². The number of nitrogens with zero attached hydrogens (tertiary/aromatic N) is 2. The molecule has 2 rings (SSSR count). The molecule has 0 aliphatic heterocycles. The molecule has 0 fully saturated rings. The molecule has 2 aromatic rings. The Morgan fingerprint density at radius 3 is 2.35 bits per heavy atom. The van der Waals surface area contributed by atoms with Crippen molar-refractivity contribution in [2.75, 3.05) is 0 Å². The predicted octanol–water partition coefficient (Wildman–Crippen LogP) is 4.78. The smallest absolute Gasteiger partial charge is 0.162 e. The Bertz CT molecular complexity index is 535. The highest BCUT2D eigenvalue weighted by molar-refractivity contribution is 9.10. The van der Waals surface area contributed by atoms with E-state index in [0.717, 1.165) is 22.0 Å². The lowest BCUT2D eigenvalue weighted by atomic mass is 10.2. The Kier molecular flexibility index (Phi) is 4.02. The molecular weight excluding hydrogens is 323 g/mol. The summed E-state index contributed by atoms with van der Waals surface area (Å²) in [5.41, 5.74) is 1.66. The van der Waals surface area contributed by atoms with Crippen LogP contribution in [0.2, 0.25) is 10.3 Å². The van der Waals surface area contributed by atoms with Crippen molar-refractivity contribution < 1.29 is 0 Å². The molecule has 0 aliphatic rings. The van der Waals surface area contributed by atoms with Crippen LogP contribution in [0.3, 0.4) is 0 Å². The Labute approximate surface area is 118 Å². The van der Waals surface area contributed by atoms with E-state index in [9.17, 15) is 0 Å². The van der Waals surface area contributed by atoms with Gasteiger partial charge in [-0.2, -0.15) is 0 Å². The van der Waals surface area contributed by atoms with E-state index in [1.165, 1.54) is 0 Å². The highest BCUT2D eigenvalue weighted by Gasteiger charge is 2.11. The molecular formula is C12H9BrCl2N2. The SMILES string of the molecule is CCc1c(Cl)nc(-c2cccc(Br)c2)nc1Cl. The zero-order chi connectivity index (χ0) is 12.4. The van der Waals surface area contributed by atoms with Crippen LogP contribution >= 0.6 is 39.1 Å². The molecule has 0 bridgehead atoms. The fraction of sp³-hybridized carbons (Fsp3) is 0.167. The third-order valence-electron chi connectivity index (χ3n) is 2.34. The fourth-order valence-electron chi connectivity index (χ4n) is 1.48. The maximum Gasteiger partial charge on any atom is 0.162 e. The van der Waals surface area contributed by atoms with E-state index in [4.69, 9.17) is 23.2 Å². The third-order valence-corrected chi connectivity index (χ3v) is 3.46. The summed E-state index contributed by atoms with van der Waals surface area (Å²) < 4.78 is 0.963. The van der Waals surface area contributed by atoms with Gasteiger partial charge in [0.25, 0.3) is 0 Å². The molecule has 0 saturated carbocycles. The Morgan fingerprint density at radius 1 is 1.18 bits per heavy atom. The van der Waals surface area contributed by atoms with Gasteiger partial charge in [-0.25, -0.2) is 9.97 Å². The Balaban J connectivity index is 2.54. The monoisotopic (exact) mass is 330 g/mol. The van der Waals surface area contributed by atoms with Gasteiger partial charge in [-0.15, -0.1) is 0 Å². The minimum Gasteiger partial charge on any atom is -0.216 e. The molecule has 1 aromatic carbocycles. The second-order valence-corrected chi connectivity index (χ2v) is 5.10. The van der Waals surface area contributed by atoms with Crippen LogP contribution in [-0.4, -0.2) is 9.97 Å². The summed E-state index contributed by atoms with van der Waals surface area (Å²) >= 11 is 15.6. The summed E-state index contributed by atoms with van der Waals surface area (Å²) in [7, 11) is 0. The summed E-state index contributed by atoms with van der Waals surface area (Å²) in [4.78, 5) is 8.53. The molecule has 1 aromatic heterocycles.